The van der Waals surface area contributed by atoms with Crippen molar-refractivity contribution in [3.8, 4) is 0 Å². The SMILES string of the molecule is CCNC(=NCc1ccc(S(C)(=O)=O)cc1)NCCCOCCOC.I. The van der Waals surface area contributed by atoms with Crippen LogP contribution in [0.4, 0.5) is 0 Å². The third-order valence-corrected chi connectivity index (χ3v) is 4.43. The van der Waals surface area contributed by atoms with Gasteiger partial charge in [-0.3, -0.25) is 0 Å². The van der Waals surface area contributed by atoms with Crippen LogP contribution in [0.3, 0.4) is 0 Å². The molecule has 26 heavy (non-hydrogen) atoms. The molecular weight excluding hydrogens is 469 g/mol. The van der Waals surface area contributed by atoms with Crippen LogP contribution in [0.5, 0.6) is 0 Å². The van der Waals surface area contributed by atoms with Crippen LogP contribution >= 0.6 is 24.0 Å². The third kappa shape index (κ3) is 10.9. The highest BCUT2D eigenvalue weighted by molar-refractivity contribution is 14.0. The number of halogens is 1. The topological polar surface area (TPSA) is 89.0 Å². The smallest absolute Gasteiger partial charge is 0.191 e. The summed E-state index contributed by atoms with van der Waals surface area (Å²) in [5.41, 5.74) is 0.951. The maximum absolute atomic E-state index is 11.5. The molecule has 150 valence electrons. The molecule has 1 rings (SSSR count). The van der Waals surface area contributed by atoms with E-state index in [1.54, 1.807) is 31.4 Å². The van der Waals surface area contributed by atoms with Gasteiger partial charge in [0.1, 0.15) is 0 Å². The summed E-state index contributed by atoms with van der Waals surface area (Å²) >= 11 is 0. The van der Waals surface area contributed by atoms with Crippen molar-refractivity contribution < 1.29 is 17.9 Å². The van der Waals surface area contributed by atoms with Gasteiger partial charge in [0.05, 0.1) is 24.7 Å². The number of sulfone groups is 1. The largest absolute Gasteiger partial charge is 0.382 e. The van der Waals surface area contributed by atoms with Gasteiger partial charge in [0.2, 0.25) is 0 Å². The number of aliphatic imine (C=N–C) groups is 1. The van der Waals surface area contributed by atoms with Gasteiger partial charge < -0.3 is 20.1 Å². The van der Waals surface area contributed by atoms with Crippen LogP contribution in [-0.2, 0) is 25.9 Å². The van der Waals surface area contributed by atoms with Gasteiger partial charge in [-0.25, -0.2) is 13.4 Å². The Labute approximate surface area is 173 Å². The third-order valence-electron chi connectivity index (χ3n) is 3.31. The maximum atomic E-state index is 11.5. The van der Waals surface area contributed by atoms with Gasteiger partial charge in [-0.2, -0.15) is 0 Å². The first-order valence-electron chi connectivity index (χ1n) is 8.35. The van der Waals surface area contributed by atoms with Crippen LogP contribution in [0.25, 0.3) is 0 Å². The van der Waals surface area contributed by atoms with E-state index in [0.29, 0.717) is 31.3 Å². The molecule has 0 saturated heterocycles. The van der Waals surface area contributed by atoms with Crippen LogP contribution in [0.1, 0.15) is 18.9 Å². The highest BCUT2D eigenvalue weighted by Crippen LogP contribution is 2.10. The van der Waals surface area contributed by atoms with Crippen molar-refractivity contribution in [1.29, 1.82) is 0 Å². The summed E-state index contributed by atoms with van der Waals surface area (Å²) in [7, 11) is -1.51. The van der Waals surface area contributed by atoms with Crippen molar-refractivity contribution in [2.45, 2.75) is 24.8 Å². The second kappa shape index (κ2) is 14.2. The number of hydrogen-bond donors (Lipinski definition) is 2. The molecule has 9 heteroatoms. The van der Waals surface area contributed by atoms with Crippen LogP contribution in [-0.4, -0.2) is 60.7 Å². The molecule has 1 aromatic carbocycles. The molecular formula is C17H30IN3O4S. The van der Waals surface area contributed by atoms with E-state index in [9.17, 15) is 8.42 Å². The fourth-order valence-corrected chi connectivity index (χ4v) is 2.61. The monoisotopic (exact) mass is 499 g/mol. The minimum absolute atomic E-state index is 0. The minimum Gasteiger partial charge on any atom is -0.382 e. The molecule has 2 N–H and O–H groups in total. The van der Waals surface area contributed by atoms with E-state index in [0.717, 1.165) is 31.0 Å². The average Bonchev–Trinajstić information content (AvgIpc) is 2.58. The van der Waals surface area contributed by atoms with Crippen LogP contribution < -0.4 is 10.6 Å². The molecule has 0 fully saturated rings. The predicted molar refractivity (Wildman–Crippen MR) is 115 cm³/mol. The van der Waals surface area contributed by atoms with E-state index in [1.807, 2.05) is 6.92 Å². The highest BCUT2D eigenvalue weighted by atomic mass is 127. The Morgan fingerprint density at radius 2 is 1.81 bits per heavy atom. The van der Waals surface area contributed by atoms with Gasteiger partial charge in [-0.05, 0) is 31.0 Å². The quantitative estimate of drug-likeness (QED) is 0.209. The Balaban J connectivity index is 0.00000625. The van der Waals surface area contributed by atoms with Gasteiger partial charge in [0.15, 0.2) is 15.8 Å². The van der Waals surface area contributed by atoms with E-state index in [4.69, 9.17) is 9.47 Å². The molecule has 0 bridgehead atoms. The Morgan fingerprint density at radius 1 is 1.12 bits per heavy atom. The van der Waals surface area contributed by atoms with E-state index in [1.165, 1.54) is 6.26 Å². The van der Waals surface area contributed by atoms with Gasteiger partial charge in [0, 0.05) is 33.1 Å². The number of guanidine groups is 1. The van der Waals surface area contributed by atoms with E-state index in [-0.39, 0.29) is 24.0 Å². The molecule has 0 atom stereocenters. The molecule has 0 aromatic heterocycles. The molecule has 7 nitrogen and oxygen atoms in total. The molecule has 0 aliphatic heterocycles. The van der Waals surface area contributed by atoms with Gasteiger partial charge in [0.25, 0.3) is 0 Å². The van der Waals surface area contributed by atoms with Crippen molar-refractivity contribution in [2.24, 2.45) is 4.99 Å². The number of methoxy groups -OCH3 is 1. The van der Waals surface area contributed by atoms with Crippen LogP contribution in [0.2, 0.25) is 0 Å². The standard InChI is InChI=1S/C17H29N3O4S.HI/c1-4-18-17(19-10-5-11-24-13-12-23-2)20-14-15-6-8-16(9-7-15)25(3,21)22;/h6-9H,4-5,10-14H2,1-3H3,(H2,18,19,20);1H. The van der Waals surface area contributed by atoms with Crippen LogP contribution in [0.15, 0.2) is 34.2 Å². The molecule has 0 aliphatic carbocycles. The normalized spacial score (nSPS) is 11.7. The maximum Gasteiger partial charge on any atom is 0.191 e. The Hall–Kier alpha value is -0.910. The summed E-state index contributed by atoms with van der Waals surface area (Å²) in [6, 6.07) is 6.79. The summed E-state index contributed by atoms with van der Waals surface area (Å²) in [6.45, 7) is 5.89. The van der Waals surface area contributed by atoms with Crippen molar-refractivity contribution >= 4 is 39.8 Å². The number of benzene rings is 1. The van der Waals surface area contributed by atoms with E-state index in [2.05, 4.69) is 15.6 Å². The molecule has 0 radical (unpaired) electrons. The molecule has 1 aromatic rings. The first-order chi connectivity index (χ1) is 12.0. The van der Waals surface area contributed by atoms with Gasteiger partial charge in [-0.1, -0.05) is 12.1 Å². The fraction of sp³-hybridized carbons (Fsp3) is 0.588. The Bertz CT molecular complexity index is 621. The minimum atomic E-state index is -3.16. The zero-order valence-corrected chi connectivity index (χ0v) is 18.8. The lowest BCUT2D eigenvalue weighted by Gasteiger charge is -2.11. The zero-order valence-electron chi connectivity index (χ0n) is 15.7. The van der Waals surface area contributed by atoms with Crippen molar-refractivity contribution in [2.75, 3.05) is 46.3 Å². The van der Waals surface area contributed by atoms with E-state index >= 15 is 0 Å². The van der Waals surface area contributed by atoms with E-state index < -0.39 is 9.84 Å². The predicted octanol–water partition coefficient (Wildman–Crippen LogP) is 1.82. The second-order valence-corrected chi connectivity index (χ2v) is 7.51. The Morgan fingerprint density at radius 3 is 2.38 bits per heavy atom. The van der Waals surface area contributed by atoms with Crippen molar-refractivity contribution in [3.63, 3.8) is 0 Å². The summed E-state index contributed by atoms with van der Waals surface area (Å²) in [6.07, 6.45) is 2.07. The lowest BCUT2D eigenvalue weighted by molar-refractivity contribution is 0.0698. The molecule has 0 aliphatic rings. The Kier molecular flexibility index (Phi) is 13.7. The first-order valence-corrected chi connectivity index (χ1v) is 10.2. The number of nitrogens with one attached hydrogen (secondary N) is 2. The van der Waals surface area contributed by atoms with Crippen molar-refractivity contribution in [1.82, 2.24) is 10.6 Å². The summed E-state index contributed by atoms with van der Waals surface area (Å²) in [5, 5.41) is 6.43. The van der Waals surface area contributed by atoms with Gasteiger partial charge >= 0.3 is 0 Å². The zero-order chi connectivity index (χ0) is 18.5. The molecule has 0 heterocycles. The average molecular weight is 499 g/mol. The number of rotatable bonds is 11. The fourth-order valence-electron chi connectivity index (χ4n) is 1.98. The molecule has 0 saturated carbocycles. The number of ether oxygens (including phenoxy) is 2. The molecule has 0 spiro atoms. The first kappa shape index (κ1) is 25.1. The summed E-state index contributed by atoms with van der Waals surface area (Å²) in [5.74, 6) is 0.728. The number of hydrogen-bond acceptors (Lipinski definition) is 5. The lowest BCUT2D eigenvalue weighted by Crippen LogP contribution is -2.38. The van der Waals surface area contributed by atoms with Crippen molar-refractivity contribution in [3.05, 3.63) is 29.8 Å². The summed E-state index contributed by atoms with van der Waals surface area (Å²) in [4.78, 5) is 4.83. The second-order valence-electron chi connectivity index (χ2n) is 5.50. The highest BCUT2D eigenvalue weighted by Gasteiger charge is 2.06. The molecule has 0 amide bonds. The lowest BCUT2D eigenvalue weighted by atomic mass is 10.2. The number of nitrogens with zero attached hydrogens (tertiary/aromatic N) is 1. The summed E-state index contributed by atoms with van der Waals surface area (Å²) < 4.78 is 33.2. The molecule has 0 unspecified atom stereocenters. The van der Waals surface area contributed by atoms with Crippen LogP contribution in [0, 0.1) is 0 Å². The van der Waals surface area contributed by atoms with Gasteiger partial charge in [-0.15, -0.1) is 24.0 Å².